The predicted octanol–water partition coefficient (Wildman–Crippen LogP) is 3.30. The van der Waals surface area contributed by atoms with Gasteiger partial charge >= 0.3 is 5.97 Å². The minimum Gasteiger partial charge on any atom is -0.481 e. The van der Waals surface area contributed by atoms with Crippen LogP contribution in [0.2, 0.25) is 0 Å². The molecule has 0 aliphatic carbocycles. The van der Waals surface area contributed by atoms with Crippen molar-refractivity contribution in [2.45, 2.75) is 25.8 Å². The fourth-order valence-electron chi connectivity index (χ4n) is 3.30. The van der Waals surface area contributed by atoms with Gasteiger partial charge in [-0.2, -0.15) is 0 Å². The van der Waals surface area contributed by atoms with E-state index in [2.05, 4.69) is 0 Å². The summed E-state index contributed by atoms with van der Waals surface area (Å²) in [7, 11) is 0. The number of carboxylic acids is 1. The van der Waals surface area contributed by atoms with Crippen LogP contribution in [0.3, 0.4) is 0 Å². The molecule has 3 rings (SSSR count). The molecule has 2 unspecified atom stereocenters. The molecule has 1 N–H and O–H groups in total. The predicted molar refractivity (Wildman–Crippen MR) is 102 cm³/mol. The van der Waals surface area contributed by atoms with Crippen molar-refractivity contribution in [3.63, 3.8) is 0 Å². The molecule has 0 saturated heterocycles. The number of carbonyl (C=O) groups is 3. The standard InChI is InChI=1S/C22H21NO4/c1-15(22(26)27)13-19(23-20(24)11-12-21(23)25)14-16-7-9-18(10-8-16)17-5-3-2-4-6-17/h2-12,15,19H,13-14H2,1H3,(H,26,27). The number of carbonyl (C=O) groups excluding carboxylic acids is 2. The molecule has 5 heteroatoms. The summed E-state index contributed by atoms with van der Waals surface area (Å²) < 4.78 is 0. The van der Waals surface area contributed by atoms with E-state index >= 15 is 0 Å². The van der Waals surface area contributed by atoms with Crippen LogP contribution in [0.15, 0.2) is 66.7 Å². The van der Waals surface area contributed by atoms with Crippen LogP contribution in [0.5, 0.6) is 0 Å². The lowest BCUT2D eigenvalue weighted by Crippen LogP contribution is -2.43. The van der Waals surface area contributed by atoms with Gasteiger partial charge in [0.15, 0.2) is 0 Å². The van der Waals surface area contributed by atoms with E-state index in [-0.39, 0.29) is 18.2 Å². The zero-order valence-corrected chi connectivity index (χ0v) is 15.0. The molecule has 0 spiro atoms. The van der Waals surface area contributed by atoms with Crippen molar-refractivity contribution in [2.24, 2.45) is 5.92 Å². The summed E-state index contributed by atoms with van der Waals surface area (Å²) >= 11 is 0. The van der Waals surface area contributed by atoms with Crippen molar-refractivity contribution in [3.05, 3.63) is 72.3 Å². The van der Waals surface area contributed by atoms with Crippen LogP contribution in [0, 0.1) is 5.92 Å². The molecule has 2 atom stereocenters. The third-order valence-electron chi connectivity index (χ3n) is 4.79. The number of rotatable bonds is 7. The molecular weight excluding hydrogens is 342 g/mol. The van der Waals surface area contributed by atoms with Crippen molar-refractivity contribution in [1.29, 1.82) is 0 Å². The first kappa shape index (κ1) is 18.6. The van der Waals surface area contributed by atoms with Gasteiger partial charge in [0, 0.05) is 18.2 Å². The van der Waals surface area contributed by atoms with Crippen LogP contribution >= 0.6 is 0 Å². The number of hydrogen-bond donors (Lipinski definition) is 1. The highest BCUT2D eigenvalue weighted by Gasteiger charge is 2.33. The maximum absolute atomic E-state index is 12.1. The molecule has 0 radical (unpaired) electrons. The number of imide groups is 1. The van der Waals surface area contributed by atoms with Crippen molar-refractivity contribution >= 4 is 17.8 Å². The Morgan fingerprint density at radius 2 is 1.48 bits per heavy atom. The minimum atomic E-state index is -0.938. The molecule has 1 aliphatic heterocycles. The Balaban J connectivity index is 1.80. The lowest BCUT2D eigenvalue weighted by molar-refractivity contribution is -0.145. The van der Waals surface area contributed by atoms with Gasteiger partial charge in [-0.05, 0) is 29.5 Å². The highest BCUT2D eigenvalue weighted by molar-refractivity contribution is 6.13. The van der Waals surface area contributed by atoms with Crippen LogP contribution < -0.4 is 0 Å². The fraction of sp³-hybridized carbons (Fsp3) is 0.227. The Kier molecular flexibility index (Phi) is 5.50. The molecule has 2 aromatic rings. The molecule has 2 amide bonds. The van der Waals surface area contributed by atoms with Gasteiger partial charge in [-0.1, -0.05) is 61.5 Å². The normalized spacial score (nSPS) is 15.8. The van der Waals surface area contributed by atoms with E-state index in [1.165, 1.54) is 17.1 Å². The zero-order valence-electron chi connectivity index (χ0n) is 15.0. The van der Waals surface area contributed by atoms with Crippen LogP contribution in [0.25, 0.3) is 11.1 Å². The van der Waals surface area contributed by atoms with Crippen molar-refractivity contribution in [2.75, 3.05) is 0 Å². The van der Waals surface area contributed by atoms with Gasteiger partial charge in [0.2, 0.25) is 0 Å². The summed E-state index contributed by atoms with van der Waals surface area (Å²) in [6, 6.07) is 17.4. The van der Waals surface area contributed by atoms with E-state index in [4.69, 9.17) is 0 Å². The van der Waals surface area contributed by atoms with Gasteiger partial charge in [0.25, 0.3) is 11.8 Å². The van der Waals surface area contributed by atoms with Crippen LogP contribution in [0.1, 0.15) is 18.9 Å². The smallest absolute Gasteiger partial charge is 0.306 e. The first-order valence-corrected chi connectivity index (χ1v) is 8.88. The van der Waals surface area contributed by atoms with Gasteiger partial charge in [-0.15, -0.1) is 0 Å². The van der Waals surface area contributed by atoms with Crippen molar-refractivity contribution < 1.29 is 19.5 Å². The van der Waals surface area contributed by atoms with E-state index in [1.54, 1.807) is 6.92 Å². The molecule has 1 aliphatic rings. The van der Waals surface area contributed by atoms with Gasteiger partial charge in [0.05, 0.1) is 5.92 Å². The number of hydrogen-bond acceptors (Lipinski definition) is 3. The quantitative estimate of drug-likeness (QED) is 0.766. The summed E-state index contributed by atoms with van der Waals surface area (Å²) in [4.78, 5) is 36.6. The molecule has 5 nitrogen and oxygen atoms in total. The molecule has 0 fully saturated rings. The van der Waals surface area contributed by atoms with E-state index in [0.717, 1.165) is 16.7 Å². The summed E-state index contributed by atoms with van der Waals surface area (Å²) in [6.45, 7) is 1.59. The van der Waals surface area contributed by atoms with E-state index in [9.17, 15) is 19.5 Å². The van der Waals surface area contributed by atoms with Gasteiger partial charge in [0.1, 0.15) is 0 Å². The zero-order chi connectivity index (χ0) is 19.4. The molecule has 0 aromatic heterocycles. The molecular formula is C22H21NO4. The highest BCUT2D eigenvalue weighted by atomic mass is 16.4. The number of aliphatic carboxylic acids is 1. The van der Waals surface area contributed by atoms with Crippen molar-refractivity contribution in [3.8, 4) is 11.1 Å². The Morgan fingerprint density at radius 3 is 2.04 bits per heavy atom. The first-order chi connectivity index (χ1) is 13.0. The maximum Gasteiger partial charge on any atom is 0.306 e. The van der Waals surface area contributed by atoms with Gasteiger partial charge < -0.3 is 5.11 Å². The third kappa shape index (κ3) is 4.31. The summed E-state index contributed by atoms with van der Waals surface area (Å²) in [6.07, 6.45) is 3.11. The SMILES string of the molecule is CC(CC(Cc1ccc(-c2ccccc2)cc1)N1C(=O)C=CC1=O)C(=O)O. The molecule has 138 valence electrons. The molecule has 0 saturated carbocycles. The summed E-state index contributed by atoms with van der Waals surface area (Å²) in [5.41, 5.74) is 3.13. The van der Waals surface area contributed by atoms with Gasteiger partial charge in [-0.25, -0.2) is 0 Å². The van der Waals surface area contributed by atoms with E-state index in [1.807, 2.05) is 54.6 Å². The average molecular weight is 363 g/mol. The van der Waals surface area contributed by atoms with E-state index < -0.39 is 17.9 Å². The monoisotopic (exact) mass is 363 g/mol. The maximum atomic E-state index is 12.1. The largest absolute Gasteiger partial charge is 0.481 e. The summed E-state index contributed by atoms with van der Waals surface area (Å²) in [5, 5.41) is 9.23. The fourth-order valence-corrected chi connectivity index (χ4v) is 3.30. The Hall–Kier alpha value is -3.21. The number of carboxylic acid groups (broad SMARTS) is 1. The second-order valence-corrected chi connectivity index (χ2v) is 6.78. The number of amides is 2. The minimum absolute atomic E-state index is 0.217. The molecule has 1 heterocycles. The molecule has 2 aromatic carbocycles. The second kappa shape index (κ2) is 7.99. The Bertz CT molecular complexity index is 853. The topological polar surface area (TPSA) is 74.7 Å². The Morgan fingerprint density at radius 1 is 0.926 bits per heavy atom. The Labute approximate surface area is 157 Å². The van der Waals surface area contributed by atoms with Crippen molar-refractivity contribution in [1.82, 2.24) is 4.90 Å². The van der Waals surface area contributed by atoms with E-state index in [0.29, 0.717) is 6.42 Å². The number of benzene rings is 2. The first-order valence-electron chi connectivity index (χ1n) is 8.88. The summed E-state index contributed by atoms with van der Waals surface area (Å²) in [5.74, 6) is -2.36. The molecule has 27 heavy (non-hydrogen) atoms. The highest BCUT2D eigenvalue weighted by Crippen LogP contribution is 2.23. The van der Waals surface area contributed by atoms with Crippen LogP contribution in [0.4, 0.5) is 0 Å². The van der Waals surface area contributed by atoms with Crippen LogP contribution in [-0.2, 0) is 20.8 Å². The second-order valence-electron chi connectivity index (χ2n) is 6.78. The lowest BCUT2D eigenvalue weighted by Gasteiger charge is -2.27. The average Bonchev–Trinajstić information content (AvgIpc) is 3.00. The van der Waals surface area contributed by atoms with Gasteiger partial charge in [-0.3, -0.25) is 19.3 Å². The lowest BCUT2D eigenvalue weighted by atomic mass is 9.94. The number of nitrogens with zero attached hydrogens (tertiary/aromatic N) is 1. The van der Waals surface area contributed by atoms with Crippen LogP contribution in [-0.4, -0.2) is 33.8 Å². The molecule has 0 bridgehead atoms. The third-order valence-corrected chi connectivity index (χ3v) is 4.79.